The Labute approximate surface area is 127 Å². The Morgan fingerprint density at radius 1 is 1.45 bits per heavy atom. The number of esters is 1. The molecular formula is C12H17BrN2O4S. The van der Waals surface area contributed by atoms with Crippen molar-refractivity contribution in [2.24, 2.45) is 0 Å². The van der Waals surface area contributed by atoms with E-state index in [9.17, 15) is 13.2 Å². The van der Waals surface area contributed by atoms with Gasteiger partial charge < -0.3 is 4.74 Å². The number of carbonyl (C=O) groups excluding carboxylic acids is 1. The van der Waals surface area contributed by atoms with Gasteiger partial charge in [-0.2, -0.15) is 12.7 Å². The third kappa shape index (κ3) is 4.77. The molecule has 0 saturated carbocycles. The van der Waals surface area contributed by atoms with Crippen molar-refractivity contribution in [1.82, 2.24) is 4.31 Å². The van der Waals surface area contributed by atoms with Crippen LogP contribution < -0.4 is 4.72 Å². The van der Waals surface area contributed by atoms with Gasteiger partial charge in [-0.25, -0.2) is 0 Å². The van der Waals surface area contributed by atoms with Gasteiger partial charge in [-0.3, -0.25) is 9.52 Å². The molecule has 1 rings (SSSR count). The summed E-state index contributed by atoms with van der Waals surface area (Å²) in [5, 5.41) is 0. The van der Waals surface area contributed by atoms with Gasteiger partial charge in [-0.15, -0.1) is 0 Å². The molecule has 1 aromatic rings. The number of carbonyl (C=O) groups is 1. The molecule has 0 aliphatic carbocycles. The molecule has 0 aliphatic heterocycles. The zero-order valence-corrected chi connectivity index (χ0v) is 13.9. The van der Waals surface area contributed by atoms with E-state index in [0.717, 1.165) is 9.87 Å². The first-order chi connectivity index (χ1) is 9.26. The van der Waals surface area contributed by atoms with Crippen molar-refractivity contribution in [3.63, 3.8) is 0 Å². The smallest absolute Gasteiger partial charge is 0.306 e. The SMILES string of the molecule is COC(=O)CCN(C)S(=O)(=O)Nc1cc(C)ccc1Br. The molecule has 0 fully saturated rings. The Hall–Kier alpha value is -1.12. The molecule has 0 radical (unpaired) electrons. The molecular weight excluding hydrogens is 348 g/mol. The highest BCUT2D eigenvalue weighted by Gasteiger charge is 2.19. The lowest BCUT2D eigenvalue weighted by Gasteiger charge is -2.18. The Bertz CT molecular complexity index is 589. The fraction of sp³-hybridized carbons (Fsp3) is 0.417. The molecule has 0 amide bonds. The van der Waals surface area contributed by atoms with Crippen LogP contribution in [-0.2, 0) is 19.7 Å². The number of rotatable bonds is 6. The molecule has 112 valence electrons. The summed E-state index contributed by atoms with van der Waals surface area (Å²) in [7, 11) is -1.05. The average molecular weight is 365 g/mol. The van der Waals surface area contributed by atoms with Crippen LogP contribution >= 0.6 is 15.9 Å². The molecule has 0 spiro atoms. The summed E-state index contributed by atoms with van der Waals surface area (Å²) in [5.41, 5.74) is 1.39. The normalized spacial score (nSPS) is 11.4. The minimum atomic E-state index is -3.71. The molecule has 0 aromatic heterocycles. The van der Waals surface area contributed by atoms with Crippen molar-refractivity contribution < 1.29 is 17.9 Å². The molecule has 1 aromatic carbocycles. The third-order valence-corrected chi connectivity index (χ3v) is 4.80. The first-order valence-electron chi connectivity index (χ1n) is 5.83. The summed E-state index contributed by atoms with van der Waals surface area (Å²) in [6, 6.07) is 5.35. The monoisotopic (exact) mass is 364 g/mol. The zero-order chi connectivity index (χ0) is 15.3. The van der Waals surface area contributed by atoms with E-state index in [1.807, 2.05) is 13.0 Å². The van der Waals surface area contributed by atoms with Gasteiger partial charge in [-0.05, 0) is 40.5 Å². The topological polar surface area (TPSA) is 75.7 Å². The van der Waals surface area contributed by atoms with E-state index in [-0.39, 0.29) is 13.0 Å². The highest BCUT2D eigenvalue weighted by molar-refractivity contribution is 9.10. The third-order valence-electron chi connectivity index (χ3n) is 2.63. The summed E-state index contributed by atoms with van der Waals surface area (Å²) in [6.45, 7) is 1.91. The van der Waals surface area contributed by atoms with Crippen LogP contribution in [0.5, 0.6) is 0 Å². The summed E-state index contributed by atoms with van der Waals surface area (Å²) < 4.78 is 32.9. The van der Waals surface area contributed by atoms with Crippen LogP contribution in [0.25, 0.3) is 0 Å². The number of nitrogens with one attached hydrogen (secondary N) is 1. The van der Waals surface area contributed by atoms with Crippen LogP contribution in [0.15, 0.2) is 22.7 Å². The van der Waals surface area contributed by atoms with Crippen molar-refractivity contribution in [3.8, 4) is 0 Å². The maximum atomic E-state index is 12.1. The summed E-state index contributed by atoms with van der Waals surface area (Å²) in [6.07, 6.45) is 0.00287. The molecule has 0 saturated heterocycles. The van der Waals surface area contributed by atoms with Crippen LogP contribution in [0.2, 0.25) is 0 Å². The molecule has 0 atom stereocenters. The van der Waals surface area contributed by atoms with Gasteiger partial charge in [0.15, 0.2) is 0 Å². The molecule has 0 unspecified atom stereocenters. The Balaban J connectivity index is 2.78. The zero-order valence-electron chi connectivity index (χ0n) is 11.5. The second kappa shape index (κ2) is 7.05. The summed E-state index contributed by atoms with van der Waals surface area (Å²) in [4.78, 5) is 11.0. The van der Waals surface area contributed by atoms with E-state index < -0.39 is 16.2 Å². The van der Waals surface area contributed by atoms with Gasteiger partial charge in [0.2, 0.25) is 0 Å². The second-order valence-corrected chi connectivity index (χ2v) is 6.87. The van der Waals surface area contributed by atoms with Crippen LogP contribution in [0.3, 0.4) is 0 Å². The highest BCUT2D eigenvalue weighted by atomic mass is 79.9. The highest BCUT2D eigenvalue weighted by Crippen LogP contribution is 2.24. The number of nitrogens with zero attached hydrogens (tertiary/aromatic N) is 1. The minimum Gasteiger partial charge on any atom is -0.469 e. The van der Waals surface area contributed by atoms with Gasteiger partial charge >= 0.3 is 16.2 Å². The molecule has 0 aliphatic rings. The first kappa shape index (κ1) is 16.9. The lowest BCUT2D eigenvalue weighted by molar-refractivity contribution is -0.140. The van der Waals surface area contributed by atoms with Crippen LogP contribution in [-0.4, -0.2) is 39.4 Å². The molecule has 8 heteroatoms. The summed E-state index contributed by atoms with van der Waals surface area (Å²) in [5.74, 6) is -0.455. The van der Waals surface area contributed by atoms with Crippen molar-refractivity contribution in [3.05, 3.63) is 28.2 Å². The molecule has 6 nitrogen and oxygen atoms in total. The fourth-order valence-corrected chi connectivity index (χ4v) is 2.82. The Morgan fingerprint density at radius 2 is 2.10 bits per heavy atom. The number of aryl methyl sites for hydroxylation is 1. The van der Waals surface area contributed by atoms with E-state index in [2.05, 4.69) is 25.4 Å². The van der Waals surface area contributed by atoms with Gasteiger partial charge in [0, 0.05) is 18.1 Å². The standard InChI is InChI=1S/C12H17BrN2O4S/c1-9-4-5-10(13)11(8-9)14-20(17,18)15(2)7-6-12(16)19-3/h4-5,8,14H,6-7H2,1-3H3. The van der Waals surface area contributed by atoms with Crippen LogP contribution in [0, 0.1) is 6.92 Å². The fourth-order valence-electron chi connectivity index (χ4n) is 1.41. The van der Waals surface area contributed by atoms with Crippen molar-refractivity contribution in [2.45, 2.75) is 13.3 Å². The van der Waals surface area contributed by atoms with Gasteiger partial charge in [-0.1, -0.05) is 6.07 Å². The number of anilines is 1. The number of methoxy groups -OCH3 is 1. The Kier molecular flexibility index (Phi) is 5.97. The van der Waals surface area contributed by atoms with E-state index >= 15 is 0 Å². The maximum Gasteiger partial charge on any atom is 0.306 e. The van der Waals surface area contributed by atoms with E-state index in [1.165, 1.54) is 14.2 Å². The average Bonchev–Trinajstić information content (AvgIpc) is 2.39. The van der Waals surface area contributed by atoms with Crippen LogP contribution in [0.4, 0.5) is 5.69 Å². The lowest BCUT2D eigenvalue weighted by atomic mass is 10.2. The number of benzene rings is 1. The van der Waals surface area contributed by atoms with E-state index in [0.29, 0.717) is 10.2 Å². The molecule has 20 heavy (non-hydrogen) atoms. The molecule has 0 heterocycles. The van der Waals surface area contributed by atoms with Crippen molar-refractivity contribution in [1.29, 1.82) is 0 Å². The molecule has 1 N–H and O–H groups in total. The largest absolute Gasteiger partial charge is 0.469 e. The predicted molar refractivity (Wildman–Crippen MR) is 80.7 cm³/mol. The second-order valence-electron chi connectivity index (χ2n) is 4.24. The van der Waals surface area contributed by atoms with Crippen LogP contribution in [0.1, 0.15) is 12.0 Å². The maximum absolute atomic E-state index is 12.1. The number of hydrogen-bond acceptors (Lipinski definition) is 4. The van der Waals surface area contributed by atoms with Gasteiger partial charge in [0.25, 0.3) is 0 Å². The summed E-state index contributed by atoms with van der Waals surface area (Å²) >= 11 is 3.29. The van der Waals surface area contributed by atoms with Gasteiger partial charge in [0.1, 0.15) is 0 Å². The number of hydrogen-bond donors (Lipinski definition) is 1. The quantitative estimate of drug-likeness (QED) is 0.782. The Morgan fingerprint density at radius 3 is 2.70 bits per heavy atom. The van der Waals surface area contributed by atoms with Gasteiger partial charge in [0.05, 0.1) is 19.2 Å². The number of halogens is 1. The minimum absolute atomic E-state index is 0.00287. The van der Waals surface area contributed by atoms with E-state index in [4.69, 9.17) is 0 Å². The lowest BCUT2D eigenvalue weighted by Crippen LogP contribution is -2.34. The van der Waals surface area contributed by atoms with Crippen molar-refractivity contribution in [2.75, 3.05) is 25.4 Å². The molecule has 0 bridgehead atoms. The predicted octanol–water partition coefficient (Wildman–Crippen LogP) is 1.91. The first-order valence-corrected chi connectivity index (χ1v) is 8.06. The van der Waals surface area contributed by atoms with E-state index in [1.54, 1.807) is 12.1 Å². The van der Waals surface area contributed by atoms with Crippen molar-refractivity contribution >= 4 is 37.8 Å². The number of ether oxygens (including phenoxy) is 1.